The smallest absolute Gasteiger partial charge is 0.335 e. The van der Waals surface area contributed by atoms with E-state index in [4.69, 9.17) is 5.11 Å². The van der Waals surface area contributed by atoms with Gasteiger partial charge in [-0.1, -0.05) is 12.1 Å². The molecule has 3 aromatic rings. The molecule has 0 saturated heterocycles. The van der Waals surface area contributed by atoms with E-state index in [-0.39, 0.29) is 5.56 Å². The first-order valence-corrected chi connectivity index (χ1v) is 8.54. The van der Waals surface area contributed by atoms with Crippen LogP contribution >= 0.6 is 0 Å². The van der Waals surface area contributed by atoms with Crippen molar-refractivity contribution in [1.82, 2.24) is 15.0 Å². The van der Waals surface area contributed by atoms with Crippen molar-refractivity contribution in [3.05, 3.63) is 71.7 Å². The number of aromatic nitrogens is 3. The third-order valence-electron chi connectivity index (χ3n) is 3.93. The van der Waals surface area contributed by atoms with Crippen LogP contribution in [0, 0.1) is 0 Å². The second-order valence-electron chi connectivity index (χ2n) is 6.21. The molecule has 3 N–H and O–H groups in total. The van der Waals surface area contributed by atoms with Crippen molar-refractivity contribution >= 4 is 11.9 Å². The number of rotatable bonds is 7. The number of hydrogen-bond donors (Lipinski definition) is 3. The summed E-state index contributed by atoms with van der Waals surface area (Å²) >= 11 is 0. The van der Waals surface area contributed by atoms with Gasteiger partial charge in [-0.15, -0.1) is 0 Å². The van der Waals surface area contributed by atoms with E-state index in [1.807, 2.05) is 12.1 Å². The third kappa shape index (κ3) is 5.08. The largest absolute Gasteiger partial charge is 0.478 e. The molecular formula is C20H20N4O3. The highest BCUT2D eigenvalue weighted by molar-refractivity contribution is 5.87. The van der Waals surface area contributed by atoms with Gasteiger partial charge in [-0.25, -0.2) is 14.8 Å². The van der Waals surface area contributed by atoms with E-state index in [0.717, 1.165) is 22.5 Å². The molecule has 3 rings (SSSR count). The lowest BCUT2D eigenvalue weighted by Gasteiger charge is -2.08. The average Bonchev–Trinajstić information content (AvgIpc) is 2.67. The zero-order valence-electron chi connectivity index (χ0n) is 14.8. The van der Waals surface area contributed by atoms with Gasteiger partial charge in [-0.05, 0) is 42.8 Å². The van der Waals surface area contributed by atoms with Crippen LogP contribution in [0.3, 0.4) is 0 Å². The maximum absolute atomic E-state index is 10.9. The number of carboxylic acid groups (broad SMARTS) is 1. The standard InChI is InChI=1S/C20H20N4O3/c1-13(25)10-17-7-6-16(12-22-17)18-8-9-21-20(24-18)23-11-14-2-4-15(5-3-14)19(26)27/h2-9,12-13,25H,10-11H2,1H3,(H,26,27)(H,21,23,24). The minimum absolute atomic E-state index is 0.253. The first kappa shape index (κ1) is 18.5. The number of hydrogen-bond acceptors (Lipinski definition) is 6. The molecule has 7 heteroatoms. The Balaban J connectivity index is 1.67. The van der Waals surface area contributed by atoms with Crippen LogP contribution in [0.15, 0.2) is 54.9 Å². The first-order valence-electron chi connectivity index (χ1n) is 8.54. The van der Waals surface area contributed by atoms with Crippen LogP contribution in [0.1, 0.15) is 28.5 Å². The van der Waals surface area contributed by atoms with Gasteiger partial charge in [0.15, 0.2) is 0 Å². The normalized spacial score (nSPS) is 11.8. The highest BCUT2D eigenvalue weighted by atomic mass is 16.4. The van der Waals surface area contributed by atoms with Crippen molar-refractivity contribution in [1.29, 1.82) is 0 Å². The minimum Gasteiger partial charge on any atom is -0.478 e. The number of carboxylic acids is 1. The van der Waals surface area contributed by atoms with E-state index >= 15 is 0 Å². The van der Waals surface area contributed by atoms with Gasteiger partial charge in [0.25, 0.3) is 0 Å². The lowest BCUT2D eigenvalue weighted by atomic mass is 10.1. The molecule has 2 aromatic heterocycles. The predicted molar refractivity (Wildman–Crippen MR) is 101 cm³/mol. The average molecular weight is 364 g/mol. The highest BCUT2D eigenvalue weighted by Gasteiger charge is 2.06. The van der Waals surface area contributed by atoms with Crippen molar-refractivity contribution in [3.8, 4) is 11.3 Å². The highest BCUT2D eigenvalue weighted by Crippen LogP contribution is 2.17. The molecule has 1 atom stereocenters. The molecule has 1 aromatic carbocycles. The van der Waals surface area contributed by atoms with Crippen LogP contribution in [0.4, 0.5) is 5.95 Å². The van der Waals surface area contributed by atoms with Crippen LogP contribution in [0.2, 0.25) is 0 Å². The number of nitrogens with zero attached hydrogens (tertiary/aromatic N) is 3. The topological polar surface area (TPSA) is 108 Å². The molecule has 0 fully saturated rings. The summed E-state index contributed by atoms with van der Waals surface area (Å²) in [5.74, 6) is -0.471. The lowest BCUT2D eigenvalue weighted by Crippen LogP contribution is -2.06. The van der Waals surface area contributed by atoms with E-state index < -0.39 is 12.1 Å². The predicted octanol–water partition coefficient (Wildman–Crippen LogP) is 2.77. The van der Waals surface area contributed by atoms with Crippen molar-refractivity contribution in [2.45, 2.75) is 26.0 Å². The number of nitrogens with one attached hydrogen (secondary N) is 1. The van der Waals surface area contributed by atoms with E-state index in [2.05, 4.69) is 20.3 Å². The Morgan fingerprint density at radius 1 is 1.11 bits per heavy atom. The van der Waals surface area contributed by atoms with Crippen LogP contribution in [0.5, 0.6) is 0 Å². The van der Waals surface area contributed by atoms with Crippen LogP contribution in [-0.2, 0) is 13.0 Å². The first-order chi connectivity index (χ1) is 13.0. The molecule has 0 saturated carbocycles. The molecule has 0 radical (unpaired) electrons. The molecule has 27 heavy (non-hydrogen) atoms. The summed E-state index contributed by atoms with van der Waals surface area (Å²) < 4.78 is 0. The van der Waals surface area contributed by atoms with Crippen molar-refractivity contribution < 1.29 is 15.0 Å². The Morgan fingerprint density at radius 3 is 2.52 bits per heavy atom. The molecule has 7 nitrogen and oxygen atoms in total. The molecule has 2 heterocycles. The molecule has 0 spiro atoms. The fourth-order valence-corrected chi connectivity index (χ4v) is 2.55. The molecule has 0 aliphatic carbocycles. The number of carbonyl (C=O) groups is 1. The van der Waals surface area contributed by atoms with Gasteiger partial charge in [0.1, 0.15) is 0 Å². The van der Waals surface area contributed by atoms with Crippen molar-refractivity contribution in [2.24, 2.45) is 0 Å². The molecule has 0 bridgehead atoms. The van der Waals surface area contributed by atoms with Gasteiger partial charge in [0.2, 0.25) is 5.95 Å². The SMILES string of the molecule is CC(O)Cc1ccc(-c2ccnc(NCc3ccc(C(=O)O)cc3)n2)cn1. The summed E-state index contributed by atoms with van der Waals surface area (Å²) in [7, 11) is 0. The fraction of sp³-hybridized carbons (Fsp3) is 0.200. The van der Waals surface area contributed by atoms with Crippen LogP contribution < -0.4 is 5.32 Å². The number of benzene rings is 1. The summed E-state index contributed by atoms with van der Waals surface area (Å²) in [6.07, 6.45) is 3.48. The van der Waals surface area contributed by atoms with Crippen LogP contribution in [0.25, 0.3) is 11.3 Å². The van der Waals surface area contributed by atoms with Crippen LogP contribution in [-0.4, -0.2) is 37.2 Å². The van der Waals surface area contributed by atoms with E-state index in [1.165, 1.54) is 0 Å². The molecule has 1 unspecified atom stereocenters. The maximum atomic E-state index is 10.9. The van der Waals surface area contributed by atoms with Gasteiger partial charge < -0.3 is 15.5 Å². The van der Waals surface area contributed by atoms with Crippen molar-refractivity contribution in [3.63, 3.8) is 0 Å². The summed E-state index contributed by atoms with van der Waals surface area (Å²) in [6, 6.07) is 12.2. The zero-order valence-corrected chi connectivity index (χ0v) is 14.8. The van der Waals surface area contributed by atoms with Crippen molar-refractivity contribution in [2.75, 3.05) is 5.32 Å². The number of anilines is 1. The fourth-order valence-electron chi connectivity index (χ4n) is 2.55. The number of pyridine rings is 1. The van der Waals surface area contributed by atoms with E-state index in [9.17, 15) is 9.90 Å². The number of aliphatic hydroxyl groups excluding tert-OH is 1. The maximum Gasteiger partial charge on any atom is 0.335 e. The number of aliphatic hydroxyl groups is 1. The van der Waals surface area contributed by atoms with E-state index in [0.29, 0.717) is 18.9 Å². The van der Waals surface area contributed by atoms with Gasteiger partial charge >= 0.3 is 5.97 Å². The summed E-state index contributed by atoms with van der Waals surface area (Å²) in [6.45, 7) is 2.21. The Hall–Kier alpha value is -3.32. The molecular weight excluding hydrogens is 344 g/mol. The third-order valence-corrected chi connectivity index (χ3v) is 3.93. The lowest BCUT2D eigenvalue weighted by molar-refractivity contribution is 0.0697. The van der Waals surface area contributed by atoms with Gasteiger partial charge in [-0.2, -0.15) is 0 Å². The molecule has 0 aliphatic heterocycles. The Morgan fingerprint density at radius 2 is 1.89 bits per heavy atom. The quantitative estimate of drug-likeness (QED) is 0.591. The summed E-state index contributed by atoms with van der Waals surface area (Å²) in [5, 5.41) is 21.5. The van der Waals surface area contributed by atoms with Gasteiger partial charge in [0.05, 0.1) is 17.4 Å². The minimum atomic E-state index is -0.946. The summed E-state index contributed by atoms with van der Waals surface area (Å²) in [5.41, 5.74) is 3.61. The molecule has 0 amide bonds. The van der Waals surface area contributed by atoms with E-state index in [1.54, 1.807) is 49.6 Å². The molecule has 0 aliphatic rings. The number of aromatic carboxylic acids is 1. The van der Waals surface area contributed by atoms with Gasteiger partial charge in [0, 0.05) is 36.6 Å². The summed E-state index contributed by atoms with van der Waals surface area (Å²) in [4.78, 5) is 23.9. The zero-order chi connectivity index (χ0) is 19.2. The van der Waals surface area contributed by atoms with Gasteiger partial charge in [-0.3, -0.25) is 4.98 Å². The monoisotopic (exact) mass is 364 g/mol. The Kier molecular flexibility index (Phi) is 5.73. The Bertz CT molecular complexity index is 909. The molecule has 138 valence electrons. The Labute approximate surface area is 156 Å². The second kappa shape index (κ2) is 8.37. The second-order valence-corrected chi connectivity index (χ2v) is 6.21.